The van der Waals surface area contributed by atoms with E-state index in [1.165, 1.54) is 12.1 Å². The average molecular weight is 522 g/mol. The van der Waals surface area contributed by atoms with Gasteiger partial charge in [0.2, 0.25) is 0 Å². The summed E-state index contributed by atoms with van der Waals surface area (Å²) in [6.07, 6.45) is 0. The number of aromatic hydroxyl groups is 1. The van der Waals surface area contributed by atoms with Crippen molar-refractivity contribution in [2.75, 3.05) is 6.61 Å². The molecule has 1 N–H and O–H groups in total. The van der Waals surface area contributed by atoms with E-state index in [0.29, 0.717) is 17.1 Å². The average Bonchev–Trinajstić information content (AvgIpc) is 2.93. The molecule has 7 nitrogen and oxygen atoms in total. The Hall–Kier alpha value is -4.65. The van der Waals surface area contributed by atoms with Gasteiger partial charge >= 0.3 is 5.97 Å². The van der Waals surface area contributed by atoms with Crippen molar-refractivity contribution in [2.45, 2.75) is 32.1 Å². The van der Waals surface area contributed by atoms with Crippen molar-refractivity contribution in [3.63, 3.8) is 0 Å². The molecule has 4 aromatic rings. The Morgan fingerprint density at radius 2 is 1.51 bits per heavy atom. The van der Waals surface area contributed by atoms with Crippen LogP contribution >= 0.6 is 0 Å². The van der Waals surface area contributed by atoms with Crippen LogP contribution in [0.15, 0.2) is 84.9 Å². The van der Waals surface area contributed by atoms with Gasteiger partial charge in [-0.2, -0.15) is 0 Å². The van der Waals surface area contributed by atoms with E-state index in [4.69, 9.17) is 9.47 Å². The monoisotopic (exact) mass is 521 g/mol. The second-order valence-electron chi connectivity index (χ2n) is 11.1. The van der Waals surface area contributed by atoms with E-state index in [0.717, 1.165) is 27.8 Å². The topological polar surface area (TPSA) is 98.9 Å². The fourth-order valence-electron chi connectivity index (χ4n) is 5.92. The van der Waals surface area contributed by atoms with E-state index in [-0.39, 0.29) is 29.9 Å². The summed E-state index contributed by atoms with van der Waals surface area (Å²) >= 11 is 0. The zero-order valence-corrected chi connectivity index (χ0v) is 21.8. The van der Waals surface area contributed by atoms with Crippen molar-refractivity contribution in [1.29, 1.82) is 0 Å². The number of nitrogens with zero attached hydrogens (tertiary/aromatic N) is 1. The summed E-state index contributed by atoms with van der Waals surface area (Å²) in [5, 5.41) is 22.6. The van der Waals surface area contributed by atoms with Crippen LogP contribution in [-0.4, -0.2) is 22.6 Å². The largest absolute Gasteiger partial charge is 0.508 e. The number of phenols is 1. The molecule has 0 amide bonds. The lowest BCUT2D eigenvalue weighted by Crippen LogP contribution is -2.46. The minimum atomic E-state index is -0.923. The quantitative estimate of drug-likeness (QED) is 0.140. The molecule has 0 heterocycles. The Bertz CT molecular complexity index is 1590. The number of benzene rings is 4. The van der Waals surface area contributed by atoms with Gasteiger partial charge in [0, 0.05) is 29.2 Å². The SMILES string of the molecule is CC(C)(C)C(=O)Oc1ccc(O)c2c1C1c3ccccc3C2(COc2ccc([N+](=O)[O-])cc2)c2ccccc21. The molecule has 3 aliphatic rings. The molecule has 7 heteroatoms. The van der Waals surface area contributed by atoms with Gasteiger partial charge in [-0.25, -0.2) is 0 Å². The van der Waals surface area contributed by atoms with E-state index >= 15 is 0 Å². The van der Waals surface area contributed by atoms with E-state index in [1.54, 1.807) is 45.0 Å². The van der Waals surface area contributed by atoms with Gasteiger partial charge in [-0.15, -0.1) is 0 Å². The molecule has 0 aliphatic heterocycles. The van der Waals surface area contributed by atoms with Crippen molar-refractivity contribution < 1.29 is 24.3 Å². The maximum atomic E-state index is 13.0. The van der Waals surface area contributed by atoms with Crippen LogP contribution in [0.4, 0.5) is 5.69 Å². The van der Waals surface area contributed by atoms with E-state index < -0.39 is 15.8 Å². The maximum absolute atomic E-state index is 13.0. The number of carbonyl (C=O) groups is 1. The Kier molecular flexibility index (Phi) is 5.50. The highest BCUT2D eigenvalue weighted by Gasteiger charge is 2.55. The normalized spacial score (nSPS) is 18.5. The third-order valence-corrected chi connectivity index (χ3v) is 7.68. The summed E-state index contributed by atoms with van der Waals surface area (Å²) in [5.41, 5.74) is 3.82. The standard InChI is InChI=1S/C32H27NO6/c1-31(2,3)30(35)39-26-17-16-25(34)29-28(26)27-21-8-4-6-10-23(21)32(29,24-11-7-5-9-22(24)27)18-38-20-14-12-19(13-15-20)33(36)37/h4-17,27,34H,18H2,1-3H3. The molecule has 196 valence electrons. The third kappa shape index (κ3) is 3.68. The van der Waals surface area contributed by atoms with Gasteiger partial charge in [-0.1, -0.05) is 48.5 Å². The zero-order chi connectivity index (χ0) is 27.5. The van der Waals surface area contributed by atoms with Gasteiger partial charge in [-0.3, -0.25) is 14.9 Å². The van der Waals surface area contributed by atoms with Crippen molar-refractivity contribution in [3.8, 4) is 17.2 Å². The van der Waals surface area contributed by atoms with E-state index in [9.17, 15) is 20.0 Å². The number of ether oxygens (including phenoxy) is 2. The predicted molar refractivity (Wildman–Crippen MR) is 145 cm³/mol. The highest BCUT2D eigenvalue weighted by molar-refractivity contribution is 5.81. The molecule has 4 aromatic carbocycles. The summed E-state index contributed by atoms with van der Waals surface area (Å²) in [4.78, 5) is 23.7. The predicted octanol–water partition coefficient (Wildman–Crippen LogP) is 6.47. The summed E-state index contributed by atoms with van der Waals surface area (Å²) in [6, 6.07) is 25.3. The molecule has 0 saturated carbocycles. The molecule has 0 atom stereocenters. The molecule has 0 fully saturated rings. The number of hydrogen-bond acceptors (Lipinski definition) is 6. The second-order valence-corrected chi connectivity index (χ2v) is 11.1. The highest BCUT2D eigenvalue weighted by atomic mass is 16.6. The maximum Gasteiger partial charge on any atom is 0.316 e. The number of non-ortho nitro benzene ring substituents is 1. The van der Waals surface area contributed by atoms with Gasteiger partial charge < -0.3 is 14.6 Å². The van der Waals surface area contributed by atoms with Gasteiger partial charge in [0.1, 0.15) is 23.9 Å². The lowest BCUT2D eigenvalue weighted by molar-refractivity contribution is -0.384. The lowest BCUT2D eigenvalue weighted by atomic mass is 9.53. The molecular weight excluding hydrogens is 494 g/mol. The van der Waals surface area contributed by atoms with Crippen LogP contribution in [0.1, 0.15) is 60.1 Å². The van der Waals surface area contributed by atoms with Crippen molar-refractivity contribution in [3.05, 3.63) is 128 Å². The van der Waals surface area contributed by atoms with Crippen LogP contribution < -0.4 is 9.47 Å². The number of rotatable bonds is 5. The summed E-state index contributed by atoms with van der Waals surface area (Å²) in [5.74, 6) is 0.352. The Balaban J connectivity index is 1.58. The van der Waals surface area contributed by atoms with Crippen LogP contribution in [0.2, 0.25) is 0 Å². The molecule has 3 aliphatic carbocycles. The zero-order valence-electron chi connectivity index (χ0n) is 21.8. The third-order valence-electron chi connectivity index (χ3n) is 7.68. The minimum absolute atomic E-state index is 0.0253. The fraction of sp³-hybridized carbons (Fsp3) is 0.219. The summed E-state index contributed by atoms with van der Waals surface area (Å²) in [7, 11) is 0. The van der Waals surface area contributed by atoms with Gasteiger partial charge in [0.15, 0.2) is 0 Å². The fourth-order valence-corrected chi connectivity index (χ4v) is 5.92. The molecule has 39 heavy (non-hydrogen) atoms. The Morgan fingerprint density at radius 3 is 2.08 bits per heavy atom. The number of nitro benzene ring substituents is 1. The molecule has 0 unspecified atom stereocenters. The molecule has 0 aromatic heterocycles. The molecule has 7 rings (SSSR count). The Morgan fingerprint density at radius 1 is 0.923 bits per heavy atom. The van der Waals surface area contributed by atoms with Crippen LogP contribution in [0.25, 0.3) is 0 Å². The molecule has 0 radical (unpaired) electrons. The van der Waals surface area contributed by atoms with Crippen molar-refractivity contribution >= 4 is 11.7 Å². The number of hydrogen-bond donors (Lipinski definition) is 1. The van der Waals surface area contributed by atoms with Crippen LogP contribution in [0.5, 0.6) is 17.2 Å². The van der Waals surface area contributed by atoms with E-state index in [1.807, 2.05) is 36.4 Å². The van der Waals surface area contributed by atoms with Crippen LogP contribution in [0.3, 0.4) is 0 Å². The first-order valence-electron chi connectivity index (χ1n) is 12.8. The first kappa shape index (κ1) is 24.7. The lowest BCUT2D eigenvalue weighted by Gasteiger charge is -2.50. The van der Waals surface area contributed by atoms with Gasteiger partial charge in [0.25, 0.3) is 5.69 Å². The highest BCUT2D eigenvalue weighted by Crippen LogP contribution is 2.63. The number of esters is 1. The molecule has 2 bridgehead atoms. The van der Waals surface area contributed by atoms with Crippen LogP contribution in [-0.2, 0) is 10.2 Å². The summed E-state index contributed by atoms with van der Waals surface area (Å²) < 4.78 is 12.4. The van der Waals surface area contributed by atoms with Crippen LogP contribution in [0, 0.1) is 15.5 Å². The molecular formula is C32H27NO6. The van der Waals surface area contributed by atoms with Crippen molar-refractivity contribution in [2.24, 2.45) is 5.41 Å². The number of phenolic OH excluding ortho intramolecular Hbond substituents is 1. The Labute approximate surface area is 225 Å². The number of carbonyl (C=O) groups excluding carboxylic acids is 1. The second kappa shape index (κ2) is 8.70. The van der Waals surface area contributed by atoms with Crippen molar-refractivity contribution in [1.82, 2.24) is 0 Å². The smallest absolute Gasteiger partial charge is 0.316 e. The first-order chi connectivity index (χ1) is 18.6. The first-order valence-corrected chi connectivity index (χ1v) is 12.8. The van der Waals surface area contributed by atoms with E-state index in [2.05, 4.69) is 12.1 Å². The van der Waals surface area contributed by atoms with Gasteiger partial charge in [0.05, 0.1) is 15.8 Å². The van der Waals surface area contributed by atoms with Gasteiger partial charge in [-0.05, 0) is 67.3 Å². The molecule has 0 saturated heterocycles. The minimum Gasteiger partial charge on any atom is -0.508 e. The summed E-state index contributed by atoms with van der Waals surface area (Å²) in [6.45, 7) is 5.53. The molecule has 0 spiro atoms. The number of nitro groups is 1.